The maximum Gasteiger partial charge on any atom is 0.454 e. The SMILES string of the molecule is O.O=C(C=C(O)C(F)(F)F)C(F)(F)F.O=C(C=C(O)C(F)(F)F)C(F)(F)F.O=C(C=C(O)C(F)(F)F)C(F)(F)F.[Er]. The Morgan fingerprint density at radius 1 is 0.366 bits per heavy atom. The van der Waals surface area contributed by atoms with Gasteiger partial charge in [0, 0.05) is 55.5 Å². The predicted molar refractivity (Wildman–Crippen MR) is 87.1 cm³/mol. The van der Waals surface area contributed by atoms with Crippen LogP contribution in [0.4, 0.5) is 79.0 Å². The van der Waals surface area contributed by atoms with Crippen LogP contribution in [0.2, 0.25) is 0 Å². The van der Waals surface area contributed by atoms with Crippen LogP contribution in [0.1, 0.15) is 0 Å². The minimum Gasteiger partial charge on any atom is -0.504 e. The summed E-state index contributed by atoms with van der Waals surface area (Å²) in [5, 5.41) is 23.8. The zero-order valence-electron chi connectivity index (χ0n) is 17.9. The van der Waals surface area contributed by atoms with E-state index in [-0.39, 0.29) is 42.8 Å². The number of rotatable bonds is 3. The number of aliphatic hydroxyl groups excluding tert-OH is 3. The average Bonchev–Trinajstić information content (AvgIpc) is 2.64. The summed E-state index contributed by atoms with van der Waals surface area (Å²) in [5.41, 5.74) is 0. The van der Waals surface area contributed by atoms with Crippen LogP contribution in [0.25, 0.3) is 0 Å². The molecule has 0 saturated carbocycles. The van der Waals surface area contributed by atoms with E-state index in [1.54, 1.807) is 0 Å². The van der Waals surface area contributed by atoms with Gasteiger partial charge in [-0.1, -0.05) is 0 Å². The van der Waals surface area contributed by atoms with Crippen LogP contribution >= 0.6 is 0 Å². The van der Waals surface area contributed by atoms with Crippen LogP contribution in [0.15, 0.2) is 35.5 Å². The van der Waals surface area contributed by atoms with Crippen molar-refractivity contribution >= 4 is 17.3 Å². The Balaban J connectivity index is -0.000000154. The van der Waals surface area contributed by atoms with Gasteiger partial charge in [-0.25, -0.2) is 0 Å². The van der Waals surface area contributed by atoms with Gasteiger partial charge in [-0.05, 0) is 0 Å². The fraction of sp³-hybridized carbons (Fsp3) is 0.400. The quantitative estimate of drug-likeness (QED) is 0.194. The summed E-state index contributed by atoms with van der Waals surface area (Å²) in [5.74, 6) is -16.0. The van der Waals surface area contributed by atoms with Gasteiger partial charge in [0.15, 0.2) is 0 Å². The molecule has 0 aliphatic carbocycles. The van der Waals surface area contributed by atoms with Gasteiger partial charge in [0.2, 0.25) is 17.3 Å². The topological polar surface area (TPSA) is 143 Å². The van der Waals surface area contributed by atoms with Gasteiger partial charge in [-0.3, -0.25) is 14.4 Å². The second-order valence-corrected chi connectivity index (χ2v) is 5.67. The Labute approximate surface area is 241 Å². The molecule has 0 aliphatic heterocycles. The summed E-state index contributed by atoms with van der Waals surface area (Å²) in [6.07, 6.45) is -35.0. The van der Waals surface area contributed by atoms with Gasteiger partial charge in [0.25, 0.3) is 17.3 Å². The number of hydrogen-bond donors (Lipinski definition) is 3. The molecule has 0 fully saturated rings. The molecule has 0 heterocycles. The van der Waals surface area contributed by atoms with E-state index in [1.165, 1.54) is 0 Å². The molecule has 0 radical (unpaired) electrons. The predicted octanol–water partition coefficient (Wildman–Crippen LogP) is 5.54. The molecule has 41 heavy (non-hydrogen) atoms. The zero-order valence-corrected chi connectivity index (χ0v) is 19.7. The molecular formula is C15H8ErF18O7. The molecule has 0 unspecified atom stereocenters. The summed E-state index contributed by atoms with van der Waals surface area (Å²) < 4.78 is 204. The van der Waals surface area contributed by atoms with Crippen molar-refractivity contribution in [3.63, 3.8) is 0 Å². The minimum atomic E-state index is -5.42. The fourth-order valence-corrected chi connectivity index (χ4v) is 0.864. The molecule has 26 heteroatoms. The molecule has 0 aromatic rings. The van der Waals surface area contributed by atoms with Crippen molar-refractivity contribution in [3.05, 3.63) is 35.5 Å². The summed E-state index contributed by atoms with van der Waals surface area (Å²) in [7, 11) is 0. The van der Waals surface area contributed by atoms with Gasteiger partial charge in [-0.2, -0.15) is 79.0 Å². The number of ketones is 3. The van der Waals surface area contributed by atoms with E-state index in [0.717, 1.165) is 0 Å². The summed E-state index contributed by atoms with van der Waals surface area (Å²) in [6.45, 7) is 0. The molecule has 7 nitrogen and oxygen atoms in total. The van der Waals surface area contributed by atoms with E-state index >= 15 is 0 Å². The van der Waals surface area contributed by atoms with Crippen LogP contribution in [0.5, 0.6) is 0 Å². The van der Waals surface area contributed by atoms with E-state index in [1.807, 2.05) is 0 Å². The largest absolute Gasteiger partial charge is 0.504 e. The van der Waals surface area contributed by atoms with Gasteiger partial charge in [-0.15, -0.1) is 0 Å². The minimum absolute atomic E-state index is 0. The van der Waals surface area contributed by atoms with Gasteiger partial charge in [0.05, 0.1) is 0 Å². The van der Waals surface area contributed by atoms with Crippen LogP contribution in [-0.2, 0) is 14.4 Å². The molecule has 5 N–H and O–H groups in total. The van der Waals surface area contributed by atoms with Crippen molar-refractivity contribution < 1.29 is 152 Å². The summed E-state index contributed by atoms with van der Waals surface area (Å²) in [6, 6.07) is 0. The van der Waals surface area contributed by atoms with Crippen molar-refractivity contribution in [1.82, 2.24) is 0 Å². The van der Waals surface area contributed by atoms with Gasteiger partial charge in [0.1, 0.15) is 0 Å². The number of aliphatic hydroxyl groups is 3. The molecule has 0 amide bonds. The molecule has 248 valence electrons. The molecular weight excluding hydrogens is 801 g/mol. The van der Waals surface area contributed by atoms with Crippen LogP contribution < -0.4 is 0 Å². The average molecular weight is 809 g/mol. The van der Waals surface area contributed by atoms with Gasteiger partial charge < -0.3 is 20.8 Å². The molecule has 0 aromatic carbocycles. The first-order chi connectivity index (χ1) is 16.6. The maximum atomic E-state index is 11.4. The van der Waals surface area contributed by atoms with Crippen molar-refractivity contribution in [2.24, 2.45) is 0 Å². The van der Waals surface area contributed by atoms with E-state index in [0.29, 0.717) is 0 Å². The Morgan fingerprint density at radius 3 is 0.561 bits per heavy atom. The molecule has 0 rings (SSSR count). The molecule has 0 aromatic heterocycles. The Hall–Kier alpha value is -2.42. The standard InChI is InChI=1S/3C5H2F6O2.Er.H2O/c3*6-4(7,8)2(12)1-3(13)5(9,10)11;;/h3*1,12H;;1H2. The molecule has 0 spiro atoms. The monoisotopic (exact) mass is 808 g/mol. The molecule has 0 aliphatic rings. The first kappa shape index (κ1) is 48.3. The third-order valence-corrected chi connectivity index (χ3v) is 2.51. The maximum absolute atomic E-state index is 11.4. The first-order valence-electron chi connectivity index (χ1n) is 7.92. The number of allylic oxidation sites excluding steroid dienone is 6. The molecule has 0 bridgehead atoms. The van der Waals surface area contributed by atoms with Crippen molar-refractivity contribution in [3.8, 4) is 0 Å². The smallest absolute Gasteiger partial charge is 0.454 e. The third kappa shape index (κ3) is 22.9. The second-order valence-electron chi connectivity index (χ2n) is 5.67. The van der Waals surface area contributed by atoms with E-state index in [2.05, 4.69) is 0 Å². The summed E-state index contributed by atoms with van der Waals surface area (Å²) in [4.78, 5) is 29.6. The number of halogens is 18. The number of hydrogen-bond acceptors (Lipinski definition) is 6. The number of carbonyl (C=O) groups excluding carboxylic acids is 3. The van der Waals surface area contributed by atoms with Crippen molar-refractivity contribution in [2.45, 2.75) is 37.1 Å². The van der Waals surface area contributed by atoms with E-state index in [4.69, 9.17) is 15.3 Å². The van der Waals surface area contributed by atoms with E-state index < -0.39 is 89.9 Å². The van der Waals surface area contributed by atoms with Crippen molar-refractivity contribution in [1.29, 1.82) is 0 Å². The van der Waals surface area contributed by atoms with Crippen LogP contribution in [-0.4, -0.2) is 75.2 Å². The Morgan fingerprint density at radius 2 is 0.488 bits per heavy atom. The van der Waals surface area contributed by atoms with Gasteiger partial charge >= 0.3 is 37.1 Å². The molecule has 0 atom stereocenters. The van der Waals surface area contributed by atoms with Crippen molar-refractivity contribution in [2.75, 3.05) is 0 Å². The fourth-order valence-electron chi connectivity index (χ4n) is 0.864. The summed E-state index contributed by atoms with van der Waals surface area (Å²) >= 11 is 0. The Kier molecular flexibility index (Phi) is 19.9. The number of carbonyl (C=O) groups is 3. The van der Waals surface area contributed by atoms with Crippen LogP contribution in [0, 0.1) is 37.3 Å². The zero-order chi connectivity index (χ0) is 32.6. The van der Waals surface area contributed by atoms with Crippen LogP contribution in [0.3, 0.4) is 0 Å². The normalized spacial score (nSPS) is 13.8. The molecule has 0 saturated heterocycles. The Bertz CT molecular complexity index is 836. The third-order valence-electron chi connectivity index (χ3n) is 2.51. The second kappa shape index (κ2) is 16.9. The number of alkyl halides is 18. The first-order valence-corrected chi connectivity index (χ1v) is 7.92. The van der Waals surface area contributed by atoms with E-state index in [9.17, 15) is 93.4 Å².